The van der Waals surface area contributed by atoms with E-state index < -0.39 is 0 Å². The van der Waals surface area contributed by atoms with Crippen molar-refractivity contribution in [3.63, 3.8) is 0 Å². The molecular formula is C23H28N4O2S. The van der Waals surface area contributed by atoms with Gasteiger partial charge in [-0.05, 0) is 24.1 Å². The summed E-state index contributed by atoms with van der Waals surface area (Å²) in [5.74, 6) is 2.70. The minimum absolute atomic E-state index is 0.398. The summed E-state index contributed by atoms with van der Waals surface area (Å²) in [7, 11) is 0. The predicted octanol–water partition coefficient (Wildman–Crippen LogP) is 3.64. The lowest BCUT2D eigenvalue weighted by Gasteiger charge is -2.26. The summed E-state index contributed by atoms with van der Waals surface area (Å²) in [6.07, 6.45) is 0. The summed E-state index contributed by atoms with van der Waals surface area (Å²) in [5.41, 5.74) is 2.34. The van der Waals surface area contributed by atoms with Crippen molar-refractivity contribution >= 4 is 11.8 Å². The van der Waals surface area contributed by atoms with Crippen molar-refractivity contribution in [3.05, 3.63) is 71.5 Å². The van der Waals surface area contributed by atoms with Gasteiger partial charge in [0.25, 0.3) is 0 Å². The van der Waals surface area contributed by atoms with Gasteiger partial charge in [0, 0.05) is 25.4 Å². The second kappa shape index (κ2) is 10.6. The van der Waals surface area contributed by atoms with Crippen LogP contribution in [0.4, 0.5) is 0 Å². The van der Waals surface area contributed by atoms with Gasteiger partial charge in [-0.2, -0.15) is 0 Å². The van der Waals surface area contributed by atoms with Crippen LogP contribution in [0.3, 0.4) is 0 Å². The van der Waals surface area contributed by atoms with Gasteiger partial charge in [0.2, 0.25) is 0 Å². The molecule has 0 amide bonds. The Morgan fingerprint density at radius 3 is 2.57 bits per heavy atom. The first-order chi connectivity index (χ1) is 14.8. The lowest BCUT2D eigenvalue weighted by atomic mass is 10.2. The molecule has 1 fully saturated rings. The number of nitrogens with zero attached hydrogens (tertiary/aromatic N) is 4. The Balaban J connectivity index is 1.45. The lowest BCUT2D eigenvalue weighted by Crippen LogP contribution is -2.37. The lowest BCUT2D eigenvalue weighted by molar-refractivity contribution is 0.0410. The molecule has 0 aliphatic carbocycles. The molecule has 1 saturated heterocycles. The van der Waals surface area contributed by atoms with E-state index in [0.29, 0.717) is 6.61 Å². The van der Waals surface area contributed by atoms with E-state index in [1.807, 2.05) is 24.3 Å². The Morgan fingerprint density at radius 1 is 1.00 bits per heavy atom. The van der Waals surface area contributed by atoms with Crippen molar-refractivity contribution in [2.75, 3.05) is 38.6 Å². The number of aryl methyl sites for hydroxylation is 1. The van der Waals surface area contributed by atoms with E-state index in [1.165, 1.54) is 5.56 Å². The van der Waals surface area contributed by atoms with E-state index >= 15 is 0 Å². The molecule has 3 aromatic rings. The highest BCUT2D eigenvalue weighted by Gasteiger charge is 2.16. The number of benzene rings is 2. The molecule has 0 radical (unpaired) electrons. The van der Waals surface area contributed by atoms with Gasteiger partial charge in [-0.1, -0.05) is 60.3 Å². The number of morpholine rings is 1. The number of hydrogen-bond donors (Lipinski definition) is 0. The van der Waals surface area contributed by atoms with E-state index in [2.05, 4.69) is 56.9 Å². The molecule has 0 atom stereocenters. The minimum atomic E-state index is 0.398. The van der Waals surface area contributed by atoms with E-state index in [0.717, 1.165) is 67.4 Å². The van der Waals surface area contributed by atoms with Crippen molar-refractivity contribution < 1.29 is 9.47 Å². The summed E-state index contributed by atoms with van der Waals surface area (Å²) in [6.45, 7) is 7.89. The van der Waals surface area contributed by atoms with E-state index in [9.17, 15) is 0 Å². The maximum atomic E-state index is 6.06. The molecule has 0 saturated carbocycles. The first-order valence-corrected chi connectivity index (χ1v) is 11.4. The number of aromatic nitrogens is 3. The normalized spacial score (nSPS) is 14.7. The molecule has 0 spiro atoms. The van der Waals surface area contributed by atoms with E-state index in [4.69, 9.17) is 9.47 Å². The number of para-hydroxylation sites is 1. The Labute approximate surface area is 182 Å². The van der Waals surface area contributed by atoms with Gasteiger partial charge >= 0.3 is 0 Å². The molecular weight excluding hydrogens is 396 g/mol. The van der Waals surface area contributed by atoms with Gasteiger partial charge in [0.05, 0.1) is 19.8 Å². The van der Waals surface area contributed by atoms with Crippen LogP contribution in [0.2, 0.25) is 0 Å². The van der Waals surface area contributed by atoms with Gasteiger partial charge in [0.15, 0.2) is 11.0 Å². The van der Waals surface area contributed by atoms with Gasteiger partial charge < -0.3 is 9.47 Å². The van der Waals surface area contributed by atoms with Crippen molar-refractivity contribution in [1.82, 2.24) is 19.7 Å². The first kappa shape index (κ1) is 20.9. The topological polar surface area (TPSA) is 52.4 Å². The molecule has 4 rings (SSSR count). The quantitative estimate of drug-likeness (QED) is 0.489. The zero-order valence-corrected chi connectivity index (χ0v) is 18.2. The van der Waals surface area contributed by atoms with E-state index in [-0.39, 0.29) is 0 Å². The van der Waals surface area contributed by atoms with E-state index in [1.54, 1.807) is 11.8 Å². The van der Waals surface area contributed by atoms with Crippen LogP contribution in [-0.4, -0.2) is 58.3 Å². The Morgan fingerprint density at radius 2 is 1.77 bits per heavy atom. The molecule has 7 heteroatoms. The fraction of sp³-hybridized carbons (Fsp3) is 0.391. The third kappa shape index (κ3) is 5.62. The van der Waals surface area contributed by atoms with Gasteiger partial charge in [-0.25, -0.2) is 0 Å². The van der Waals surface area contributed by atoms with Crippen molar-refractivity contribution in [2.24, 2.45) is 0 Å². The van der Waals surface area contributed by atoms with Crippen LogP contribution in [0.1, 0.15) is 17.0 Å². The zero-order valence-electron chi connectivity index (χ0n) is 17.4. The molecule has 0 N–H and O–H groups in total. The molecule has 2 aromatic carbocycles. The van der Waals surface area contributed by atoms with Crippen molar-refractivity contribution in [3.8, 4) is 5.75 Å². The van der Waals surface area contributed by atoms with Crippen molar-refractivity contribution in [2.45, 2.75) is 25.2 Å². The van der Waals surface area contributed by atoms with Crippen LogP contribution in [0.5, 0.6) is 5.75 Å². The highest BCUT2D eigenvalue weighted by atomic mass is 32.2. The Bertz CT molecular complexity index is 926. The Hall–Kier alpha value is -2.35. The average Bonchev–Trinajstić information content (AvgIpc) is 3.16. The molecule has 6 nitrogen and oxygen atoms in total. The average molecular weight is 425 g/mol. The monoisotopic (exact) mass is 424 g/mol. The van der Waals surface area contributed by atoms with Gasteiger partial charge in [-0.15, -0.1) is 10.2 Å². The van der Waals surface area contributed by atoms with Crippen LogP contribution in [0, 0.1) is 6.92 Å². The van der Waals surface area contributed by atoms with Gasteiger partial charge in [-0.3, -0.25) is 9.47 Å². The highest BCUT2D eigenvalue weighted by molar-refractivity contribution is 7.99. The molecule has 30 heavy (non-hydrogen) atoms. The second-order valence-electron chi connectivity index (χ2n) is 7.33. The molecule has 1 aliphatic heterocycles. The first-order valence-electron chi connectivity index (χ1n) is 10.4. The molecule has 2 heterocycles. The third-order valence-electron chi connectivity index (χ3n) is 5.17. The van der Waals surface area contributed by atoms with Crippen molar-refractivity contribution in [1.29, 1.82) is 0 Å². The predicted molar refractivity (Wildman–Crippen MR) is 119 cm³/mol. The smallest absolute Gasteiger partial charge is 0.191 e. The highest BCUT2D eigenvalue weighted by Crippen LogP contribution is 2.22. The third-order valence-corrected chi connectivity index (χ3v) is 6.12. The molecule has 1 aromatic heterocycles. The fourth-order valence-electron chi connectivity index (χ4n) is 3.41. The van der Waals surface area contributed by atoms with Crippen LogP contribution >= 0.6 is 11.8 Å². The molecule has 158 valence electrons. The minimum Gasteiger partial charge on any atom is -0.485 e. The summed E-state index contributed by atoms with van der Waals surface area (Å²) in [6, 6.07) is 18.5. The SMILES string of the molecule is Cc1ccccc1OCc1nnc(SCCN2CCOCC2)n1Cc1ccccc1. The van der Waals surface area contributed by atoms with Gasteiger partial charge in [0.1, 0.15) is 12.4 Å². The number of rotatable bonds is 9. The summed E-state index contributed by atoms with van der Waals surface area (Å²) >= 11 is 1.76. The summed E-state index contributed by atoms with van der Waals surface area (Å²) < 4.78 is 13.7. The maximum Gasteiger partial charge on any atom is 0.191 e. The summed E-state index contributed by atoms with van der Waals surface area (Å²) in [5, 5.41) is 9.88. The summed E-state index contributed by atoms with van der Waals surface area (Å²) in [4.78, 5) is 2.44. The standard InChI is InChI=1S/C23H28N4O2S/c1-19-7-5-6-10-21(19)29-18-22-24-25-23(27(22)17-20-8-3-2-4-9-20)30-16-13-26-11-14-28-15-12-26/h2-10H,11-18H2,1H3. The number of ether oxygens (including phenoxy) is 2. The maximum absolute atomic E-state index is 6.06. The molecule has 1 aliphatic rings. The number of thioether (sulfide) groups is 1. The van der Waals surface area contributed by atoms with Crippen LogP contribution in [0.25, 0.3) is 0 Å². The van der Waals surface area contributed by atoms with Crippen LogP contribution < -0.4 is 4.74 Å². The molecule has 0 unspecified atom stereocenters. The number of hydrogen-bond acceptors (Lipinski definition) is 6. The Kier molecular flexibility index (Phi) is 7.39. The fourth-order valence-corrected chi connectivity index (χ4v) is 4.37. The molecule has 0 bridgehead atoms. The van der Waals surface area contributed by atoms with Crippen LogP contribution in [0.15, 0.2) is 59.8 Å². The largest absolute Gasteiger partial charge is 0.485 e. The zero-order chi connectivity index (χ0) is 20.6. The van der Waals surface area contributed by atoms with Crippen LogP contribution in [-0.2, 0) is 17.9 Å². The second-order valence-corrected chi connectivity index (χ2v) is 8.39.